The van der Waals surface area contributed by atoms with Gasteiger partial charge in [0.2, 0.25) is 0 Å². The molecule has 1 aliphatic rings. The maximum atomic E-state index is 3.67. The minimum atomic E-state index is -2.54. The SMILES string of the molecule is Cc1cccc([Si](C2=C(c3ccccc3)[C-]=CC2)(c2cccc(C)c2)c2cccc(C)c2)c1.[Cl-].[Cl-].[Cl-].[Ti+4]. The standard InChI is InChI=1S/C32H29Si.3ClH.Ti/c1-24-11-7-16-28(21-24)33(29-17-8-12-25(2)22-29,30-18-9-13-26(3)23-30)32-20-10-19-31(32)27-14-5-4-6-15-27;;;;/h4-18,21-23H,20H2,1-3H3;3*1H;/q-1;;;;+4/p-3. The number of hydrogen-bond donors (Lipinski definition) is 0. The first-order valence-electron chi connectivity index (χ1n) is 11.7. The third kappa shape index (κ3) is 6.42. The predicted molar refractivity (Wildman–Crippen MR) is 144 cm³/mol. The first kappa shape index (κ1) is 33.2. The number of benzene rings is 4. The first-order valence-corrected chi connectivity index (χ1v) is 13.7. The van der Waals surface area contributed by atoms with Crippen molar-refractivity contribution < 1.29 is 58.9 Å². The van der Waals surface area contributed by atoms with E-state index in [1.165, 1.54) is 48.6 Å². The van der Waals surface area contributed by atoms with E-state index >= 15 is 0 Å². The zero-order chi connectivity index (χ0) is 22.8. The van der Waals surface area contributed by atoms with E-state index in [2.05, 4.69) is 136 Å². The second-order valence-corrected chi connectivity index (χ2v) is 13.0. The van der Waals surface area contributed by atoms with Gasteiger partial charge in [0.05, 0.1) is 0 Å². The molecular formula is C32H29Cl3SiTi. The molecule has 0 amide bonds. The third-order valence-corrected chi connectivity index (χ3v) is 11.6. The molecule has 37 heavy (non-hydrogen) atoms. The number of allylic oxidation sites excluding steroid dienone is 4. The molecule has 0 unspecified atom stereocenters. The summed E-state index contributed by atoms with van der Waals surface area (Å²) in [5.41, 5.74) is 6.45. The summed E-state index contributed by atoms with van der Waals surface area (Å²) in [6.45, 7) is 6.63. The summed E-state index contributed by atoms with van der Waals surface area (Å²) in [6, 6.07) is 38.5. The van der Waals surface area contributed by atoms with Crippen LogP contribution in [0.15, 0.2) is 114 Å². The Morgan fingerprint density at radius 2 is 1.00 bits per heavy atom. The minimum absolute atomic E-state index is 0. The summed E-state index contributed by atoms with van der Waals surface area (Å²) >= 11 is 0. The van der Waals surface area contributed by atoms with Crippen LogP contribution in [0, 0.1) is 26.8 Å². The van der Waals surface area contributed by atoms with Gasteiger partial charge in [0, 0.05) is 0 Å². The maximum Gasteiger partial charge on any atom is 4.00 e. The quantitative estimate of drug-likeness (QED) is 0.130. The van der Waals surface area contributed by atoms with E-state index in [1.807, 2.05) is 0 Å². The summed E-state index contributed by atoms with van der Waals surface area (Å²) in [6.07, 6.45) is 6.84. The first-order chi connectivity index (χ1) is 16.1. The van der Waals surface area contributed by atoms with Gasteiger partial charge in [-0.15, -0.1) is 17.7 Å². The molecule has 0 aliphatic heterocycles. The summed E-state index contributed by atoms with van der Waals surface area (Å²) in [5, 5.41) is 5.85. The van der Waals surface area contributed by atoms with E-state index in [4.69, 9.17) is 0 Å². The van der Waals surface area contributed by atoms with Crippen LogP contribution in [-0.2, 0) is 21.7 Å². The van der Waals surface area contributed by atoms with Crippen LogP contribution in [0.2, 0.25) is 0 Å². The van der Waals surface area contributed by atoms with Crippen LogP contribution < -0.4 is 52.8 Å². The molecule has 1 aliphatic carbocycles. The Hall–Kier alpha value is -1.84. The van der Waals surface area contributed by atoms with E-state index in [9.17, 15) is 0 Å². The summed E-state index contributed by atoms with van der Waals surface area (Å²) < 4.78 is 0. The fraction of sp³-hybridized carbons (Fsp3) is 0.125. The zero-order valence-corrected chi connectivity index (χ0v) is 26.1. The summed E-state index contributed by atoms with van der Waals surface area (Å²) in [7, 11) is -2.54. The van der Waals surface area contributed by atoms with Crippen LogP contribution in [0.4, 0.5) is 0 Å². The molecule has 0 saturated heterocycles. The number of hydrogen-bond acceptors (Lipinski definition) is 0. The molecule has 186 valence electrons. The van der Waals surface area contributed by atoms with Crippen molar-refractivity contribution in [3.8, 4) is 0 Å². The van der Waals surface area contributed by atoms with Crippen molar-refractivity contribution in [3.05, 3.63) is 143 Å². The van der Waals surface area contributed by atoms with E-state index in [0.29, 0.717) is 0 Å². The van der Waals surface area contributed by atoms with Crippen LogP contribution in [0.3, 0.4) is 0 Å². The molecule has 0 saturated carbocycles. The maximum absolute atomic E-state index is 3.67. The van der Waals surface area contributed by atoms with Gasteiger partial charge in [-0.25, -0.2) is 0 Å². The Morgan fingerprint density at radius 3 is 1.41 bits per heavy atom. The van der Waals surface area contributed by atoms with Crippen molar-refractivity contribution >= 4 is 29.2 Å². The molecule has 0 heterocycles. The van der Waals surface area contributed by atoms with Crippen molar-refractivity contribution in [1.82, 2.24) is 0 Å². The molecule has 5 rings (SSSR count). The smallest absolute Gasteiger partial charge is 1.00 e. The van der Waals surface area contributed by atoms with Crippen LogP contribution in [0.1, 0.15) is 28.7 Å². The van der Waals surface area contributed by atoms with Crippen molar-refractivity contribution in [2.75, 3.05) is 0 Å². The molecule has 0 aromatic heterocycles. The predicted octanol–water partition coefficient (Wildman–Crippen LogP) is -3.15. The van der Waals surface area contributed by atoms with Crippen molar-refractivity contribution in [3.63, 3.8) is 0 Å². The van der Waals surface area contributed by atoms with Gasteiger partial charge in [0.25, 0.3) is 0 Å². The number of halogens is 3. The molecule has 0 N–H and O–H groups in total. The van der Waals surface area contributed by atoms with Gasteiger partial charge < -0.3 is 37.2 Å². The van der Waals surface area contributed by atoms with E-state index < -0.39 is 8.07 Å². The molecule has 0 radical (unpaired) electrons. The molecule has 0 bridgehead atoms. The van der Waals surface area contributed by atoms with Crippen LogP contribution in [0.5, 0.6) is 0 Å². The third-order valence-electron chi connectivity index (χ3n) is 6.72. The Labute approximate surface area is 256 Å². The molecule has 0 nitrogen and oxygen atoms in total. The van der Waals surface area contributed by atoms with Gasteiger partial charge >= 0.3 is 21.7 Å². The second kappa shape index (κ2) is 14.4. The summed E-state index contributed by atoms with van der Waals surface area (Å²) in [4.78, 5) is 0. The average Bonchev–Trinajstić information content (AvgIpc) is 3.31. The van der Waals surface area contributed by atoms with Crippen molar-refractivity contribution in [2.45, 2.75) is 27.2 Å². The van der Waals surface area contributed by atoms with Crippen LogP contribution >= 0.6 is 0 Å². The topological polar surface area (TPSA) is 0 Å². The second-order valence-electron chi connectivity index (χ2n) is 9.13. The molecule has 4 aromatic carbocycles. The van der Waals surface area contributed by atoms with E-state index in [1.54, 1.807) is 0 Å². The largest absolute Gasteiger partial charge is 4.00 e. The fourth-order valence-corrected chi connectivity index (χ4v) is 10.7. The monoisotopic (exact) mass is 594 g/mol. The molecule has 4 aromatic rings. The van der Waals surface area contributed by atoms with Gasteiger partial charge in [-0.1, -0.05) is 130 Å². The molecule has 5 heteroatoms. The summed E-state index contributed by atoms with van der Waals surface area (Å²) in [5.74, 6) is 0. The van der Waals surface area contributed by atoms with Crippen molar-refractivity contribution in [2.24, 2.45) is 0 Å². The van der Waals surface area contributed by atoms with E-state index in [-0.39, 0.29) is 58.9 Å². The zero-order valence-electron chi connectivity index (χ0n) is 21.2. The Balaban J connectivity index is 0.00000171. The molecule has 0 atom stereocenters. The molecule has 0 fully saturated rings. The average molecular weight is 596 g/mol. The van der Waals surface area contributed by atoms with Gasteiger partial charge in [-0.2, -0.15) is 22.9 Å². The van der Waals surface area contributed by atoms with E-state index in [0.717, 1.165) is 6.42 Å². The van der Waals surface area contributed by atoms with Gasteiger partial charge in [0.15, 0.2) is 0 Å². The van der Waals surface area contributed by atoms with Crippen molar-refractivity contribution in [1.29, 1.82) is 0 Å². The number of rotatable bonds is 5. The normalized spacial score (nSPS) is 12.1. The van der Waals surface area contributed by atoms with Gasteiger partial charge in [-0.3, -0.25) is 0 Å². The van der Waals surface area contributed by atoms with Gasteiger partial charge in [-0.05, 0) is 20.8 Å². The molecular weight excluding hydrogens is 567 g/mol. The number of aryl methyl sites for hydroxylation is 3. The fourth-order valence-electron chi connectivity index (χ4n) is 5.30. The minimum Gasteiger partial charge on any atom is -1.00 e. The molecule has 0 spiro atoms. The Morgan fingerprint density at radius 1 is 0.568 bits per heavy atom. The Bertz CT molecular complexity index is 1270. The Kier molecular flexibility index (Phi) is 12.9. The van der Waals surface area contributed by atoms with Crippen LogP contribution in [-0.4, -0.2) is 8.07 Å². The van der Waals surface area contributed by atoms with Crippen LogP contribution in [0.25, 0.3) is 5.57 Å². The van der Waals surface area contributed by atoms with Gasteiger partial charge in [0.1, 0.15) is 8.07 Å².